The third kappa shape index (κ3) is 2.21. The van der Waals surface area contributed by atoms with Gasteiger partial charge in [-0.15, -0.1) is 0 Å². The molecule has 94 valence electrons. The van der Waals surface area contributed by atoms with Crippen LogP contribution in [0.25, 0.3) is 0 Å². The van der Waals surface area contributed by atoms with Gasteiger partial charge >= 0.3 is 5.69 Å². The Morgan fingerprint density at radius 3 is 2.72 bits per heavy atom. The molecule has 0 atom stereocenters. The highest BCUT2D eigenvalue weighted by Crippen LogP contribution is 2.36. The molecule has 7 heteroatoms. The molecule has 0 saturated carbocycles. The second-order valence-electron chi connectivity index (χ2n) is 3.65. The van der Waals surface area contributed by atoms with Crippen molar-refractivity contribution in [1.29, 1.82) is 0 Å². The van der Waals surface area contributed by atoms with E-state index in [-0.39, 0.29) is 11.6 Å². The summed E-state index contributed by atoms with van der Waals surface area (Å²) in [7, 11) is 1.60. The van der Waals surface area contributed by atoms with E-state index in [1.165, 1.54) is 4.68 Å². The first-order valence-corrected chi connectivity index (χ1v) is 5.90. The standard InChI is InChI=1S/C11H10BrN3O3/c1-7-10(15(16)17)11(14(2)13-7)18-9-6-4-3-5-8(9)12/h3-6H,1-2H3. The first-order chi connectivity index (χ1) is 8.50. The molecule has 0 aliphatic rings. The maximum absolute atomic E-state index is 11.0. The molecule has 0 fully saturated rings. The number of aromatic nitrogens is 2. The summed E-state index contributed by atoms with van der Waals surface area (Å²) in [5, 5.41) is 15.0. The lowest BCUT2D eigenvalue weighted by molar-refractivity contribution is -0.386. The topological polar surface area (TPSA) is 70.2 Å². The van der Waals surface area contributed by atoms with Crippen LogP contribution in [0.15, 0.2) is 28.7 Å². The van der Waals surface area contributed by atoms with Crippen molar-refractivity contribution >= 4 is 21.6 Å². The molecule has 0 aliphatic heterocycles. The molecule has 0 bridgehead atoms. The highest BCUT2D eigenvalue weighted by atomic mass is 79.9. The van der Waals surface area contributed by atoms with Gasteiger partial charge in [0.1, 0.15) is 11.4 Å². The highest BCUT2D eigenvalue weighted by Gasteiger charge is 2.26. The van der Waals surface area contributed by atoms with Crippen molar-refractivity contribution in [2.45, 2.75) is 6.92 Å². The van der Waals surface area contributed by atoms with E-state index in [2.05, 4.69) is 21.0 Å². The van der Waals surface area contributed by atoms with Crippen molar-refractivity contribution in [2.75, 3.05) is 0 Å². The van der Waals surface area contributed by atoms with Crippen molar-refractivity contribution in [1.82, 2.24) is 9.78 Å². The fraction of sp³-hybridized carbons (Fsp3) is 0.182. The van der Waals surface area contributed by atoms with Gasteiger partial charge in [-0.25, -0.2) is 4.68 Å². The normalized spacial score (nSPS) is 10.4. The number of ether oxygens (including phenoxy) is 1. The number of rotatable bonds is 3. The molecular weight excluding hydrogens is 302 g/mol. The van der Waals surface area contributed by atoms with Gasteiger partial charge in [-0.3, -0.25) is 10.1 Å². The van der Waals surface area contributed by atoms with Crippen LogP contribution in [0.1, 0.15) is 5.69 Å². The van der Waals surface area contributed by atoms with Gasteiger partial charge in [0, 0.05) is 7.05 Å². The third-order valence-corrected chi connectivity index (χ3v) is 3.02. The van der Waals surface area contributed by atoms with Crippen molar-refractivity contribution in [2.24, 2.45) is 7.05 Å². The summed E-state index contributed by atoms with van der Waals surface area (Å²) in [6.45, 7) is 1.57. The fourth-order valence-electron chi connectivity index (χ4n) is 1.58. The van der Waals surface area contributed by atoms with Gasteiger partial charge in [-0.1, -0.05) is 12.1 Å². The molecule has 18 heavy (non-hydrogen) atoms. The van der Waals surface area contributed by atoms with E-state index in [4.69, 9.17) is 4.74 Å². The minimum atomic E-state index is -0.492. The van der Waals surface area contributed by atoms with Gasteiger partial charge in [0.15, 0.2) is 0 Å². The summed E-state index contributed by atoms with van der Waals surface area (Å²) in [5.41, 5.74) is 0.206. The first-order valence-electron chi connectivity index (χ1n) is 5.11. The van der Waals surface area contributed by atoms with E-state index in [9.17, 15) is 10.1 Å². The Hall–Kier alpha value is -1.89. The zero-order valence-electron chi connectivity index (χ0n) is 9.75. The predicted molar refractivity (Wildman–Crippen MR) is 68.8 cm³/mol. The van der Waals surface area contributed by atoms with Crippen molar-refractivity contribution in [3.63, 3.8) is 0 Å². The third-order valence-electron chi connectivity index (χ3n) is 2.37. The molecular formula is C11H10BrN3O3. The maximum Gasteiger partial charge on any atom is 0.353 e. The molecule has 0 spiro atoms. The summed E-state index contributed by atoms with van der Waals surface area (Å²) >= 11 is 3.32. The van der Waals surface area contributed by atoms with Crippen LogP contribution in [-0.4, -0.2) is 14.7 Å². The lowest BCUT2D eigenvalue weighted by Crippen LogP contribution is -1.97. The minimum Gasteiger partial charge on any atom is -0.433 e. The second kappa shape index (κ2) is 4.77. The molecule has 6 nitrogen and oxygen atoms in total. The number of para-hydroxylation sites is 1. The van der Waals surface area contributed by atoms with E-state index in [1.807, 2.05) is 6.07 Å². The van der Waals surface area contributed by atoms with E-state index in [1.54, 1.807) is 32.2 Å². The zero-order valence-corrected chi connectivity index (χ0v) is 11.3. The molecule has 0 radical (unpaired) electrons. The second-order valence-corrected chi connectivity index (χ2v) is 4.51. The summed E-state index contributed by atoms with van der Waals surface area (Å²) in [4.78, 5) is 10.5. The number of aryl methyl sites for hydroxylation is 2. The van der Waals surface area contributed by atoms with Crippen LogP contribution >= 0.6 is 15.9 Å². The summed E-state index contributed by atoms with van der Waals surface area (Å²) in [5.74, 6) is 0.619. The summed E-state index contributed by atoms with van der Waals surface area (Å²) < 4.78 is 7.64. The molecule has 2 rings (SSSR count). The van der Waals surface area contributed by atoms with Gasteiger partial charge in [-0.2, -0.15) is 5.10 Å². The van der Waals surface area contributed by atoms with Gasteiger partial charge in [-0.05, 0) is 35.0 Å². The van der Waals surface area contributed by atoms with Crippen LogP contribution in [-0.2, 0) is 7.05 Å². The maximum atomic E-state index is 11.0. The number of benzene rings is 1. The van der Waals surface area contributed by atoms with Crippen LogP contribution in [0.4, 0.5) is 5.69 Å². The summed E-state index contributed by atoms with van der Waals surface area (Å²) in [6, 6.07) is 7.13. The Morgan fingerprint density at radius 2 is 2.11 bits per heavy atom. The van der Waals surface area contributed by atoms with Crippen LogP contribution in [0.2, 0.25) is 0 Å². The summed E-state index contributed by atoms with van der Waals surface area (Å²) in [6.07, 6.45) is 0. The Morgan fingerprint density at radius 1 is 1.44 bits per heavy atom. The Kier molecular flexibility index (Phi) is 3.33. The Bertz CT molecular complexity index is 610. The zero-order chi connectivity index (χ0) is 13.3. The molecule has 2 aromatic rings. The van der Waals surface area contributed by atoms with Gasteiger partial charge in [0.25, 0.3) is 5.88 Å². The van der Waals surface area contributed by atoms with Gasteiger partial charge in [0.05, 0.1) is 9.40 Å². The quantitative estimate of drug-likeness (QED) is 0.644. The molecule has 1 aromatic heterocycles. The van der Waals surface area contributed by atoms with Crippen LogP contribution in [0.5, 0.6) is 11.6 Å². The molecule has 1 heterocycles. The fourth-order valence-corrected chi connectivity index (χ4v) is 1.95. The number of nitro groups is 1. The Balaban J connectivity index is 2.47. The monoisotopic (exact) mass is 311 g/mol. The van der Waals surface area contributed by atoms with Gasteiger partial charge in [0.2, 0.25) is 0 Å². The van der Waals surface area contributed by atoms with E-state index >= 15 is 0 Å². The molecule has 0 amide bonds. The highest BCUT2D eigenvalue weighted by molar-refractivity contribution is 9.10. The van der Waals surface area contributed by atoms with Gasteiger partial charge < -0.3 is 4.74 Å². The van der Waals surface area contributed by atoms with Crippen molar-refractivity contribution in [3.05, 3.63) is 44.5 Å². The number of nitrogens with zero attached hydrogens (tertiary/aromatic N) is 3. The van der Waals surface area contributed by atoms with Crippen LogP contribution < -0.4 is 4.74 Å². The van der Waals surface area contributed by atoms with Crippen molar-refractivity contribution in [3.8, 4) is 11.6 Å². The molecule has 0 aliphatic carbocycles. The largest absolute Gasteiger partial charge is 0.433 e. The van der Waals surface area contributed by atoms with Crippen LogP contribution in [0.3, 0.4) is 0 Å². The Labute approximate surface area is 111 Å². The van der Waals surface area contributed by atoms with E-state index in [0.717, 1.165) is 4.47 Å². The first kappa shape index (κ1) is 12.6. The molecule has 0 N–H and O–H groups in total. The lowest BCUT2D eigenvalue weighted by Gasteiger charge is -2.06. The smallest absolute Gasteiger partial charge is 0.353 e. The predicted octanol–water partition coefficient (Wildman–Crippen LogP) is 3.19. The average molecular weight is 312 g/mol. The van der Waals surface area contributed by atoms with E-state index < -0.39 is 4.92 Å². The lowest BCUT2D eigenvalue weighted by atomic mass is 10.3. The number of halogens is 1. The minimum absolute atomic E-state index is 0.115. The van der Waals surface area contributed by atoms with E-state index in [0.29, 0.717) is 11.4 Å². The van der Waals surface area contributed by atoms with Crippen molar-refractivity contribution < 1.29 is 9.66 Å². The molecule has 1 aromatic carbocycles. The molecule has 0 saturated heterocycles. The SMILES string of the molecule is Cc1nn(C)c(Oc2ccccc2Br)c1[N+](=O)[O-]. The number of hydrogen-bond donors (Lipinski definition) is 0. The van der Waals surface area contributed by atoms with Crippen LogP contribution in [0, 0.1) is 17.0 Å². The average Bonchev–Trinajstić information content (AvgIpc) is 2.57. The molecule has 0 unspecified atom stereocenters. The number of hydrogen-bond acceptors (Lipinski definition) is 4.